The molecule has 6 nitrogen and oxygen atoms in total. The highest BCUT2D eigenvalue weighted by Gasteiger charge is 2.35. The number of benzene rings is 2. The SMILES string of the molecule is C/C(=N/NC(=O)c1csc(-n2nc(C(F)(F)F)cc2-c2ccccc2)n1)c1ccc(Br)cc1. The van der Waals surface area contributed by atoms with Crippen LogP contribution in [0, 0.1) is 0 Å². The minimum absolute atomic E-state index is 0.0189. The van der Waals surface area contributed by atoms with Crippen molar-refractivity contribution in [2.24, 2.45) is 5.10 Å². The van der Waals surface area contributed by atoms with Crippen molar-refractivity contribution in [2.45, 2.75) is 13.1 Å². The number of alkyl halides is 3. The van der Waals surface area contributed by atoms with Gasteiger partial charge in [-0.05, 0) is 30.7 Å². The van der Waals surface area contributed by atoms with Crippen LogP contribution in [0.3, 0.4) is 0 Å². The van der Waals surface area contributed by atoms with Gasteiger partial charge in [-0.2, -0.15) is 23.4 Å². The topological polar surface area (TPSA) is 72.2 Å². The van der Waals surface area contributed by atoms with Crippen molar-refractivity contribution in [3.05, 3.63) is 87.5 Å². The maximum atomic E-state index is 13.3. The summed E-state index contributed by atoms with van der Waals surface area (Å²) in [4.78, 5) is 16.7. The first-order valence-corrected chi connectivity index (χ1v) is 11.2. The van der Waals surface area contributed by atoms with Crippen LogP contribution < -0.4 is 5.43 Å². The van der Waals surface area contributed by atoms with E-state index in [0.29, 0.717) is 11.3 Å². The third-order valence-electron chi connectivity index (χ3n) is 4.56. The fourth-order valence-corrected chi connectivity index (χ4v) is 3.92. The predicted molar refractivity (Wildman–Crippen MR) is 123 cm³/mol. The van der Waals surface area contributed by atoms with Crippen LogP contribution in [0.4, 0.5) is 13.2 Å². The maximum absolute atomic E-state index is 13.3. The van der Waals surface area contributed by atoms with E-state index >= 15 is 0 Å². The van der Waals surface area contributed by atoms with Gasteiger partial charge in [0.05, 0.1) is 11.4 Å². The summed E-state index contributed by atoms with van der Waals surface area (Å²) in [6.07, 6.45) is -4.62. The third kappa shape index (κ3) is 5.20. The van der Waals surface area contributed by atoms with E-state index in [1.807, 2.05) is 24.3 Å². The monoisotopic (exact) mass is 533 g/mol. The molecule has 1 amide bonds. The van der Waals surface area contributed by atoms with Gasteiger partial charge < -0.3 is 0 Å². The molecule has 0 spiro atoms. The summed E-state index contributed by atoms with van der Waals surface area (Å²) in [7, 11) is 0. The van der Waals surface area contributed by atoms with Crippen LogP contribution in [0.1, 0.15) is 28.7 Å². The van der Waals surface area contributed by atoms with Gasteiger partial charge in [0.2, 0.25) is 5.13 Å². The Bertz CT molecular complexity index is 1310. The fourth-order valence-electron chi connectivity index (χ4n) is 2.89. The summed E-state index contributed by atoms with van der Waals surface area (Å²) in [6, 6.07) is 16.9. The van der Waals surface area contributed by atoms with E-state index in [9.17, 15) is 18.0 Å². The molecule has 0 saturated heterocycles. The van der Waals surface area contributed by atoms with Crippen molar-refractivity contribution in [3.8, 4) is 16.4 Å². The van der Waals surface area contributed by atoms with Crippen molar-refractivity contribution in [1.29, 1.82) is 0 Å². The molecule has 0 aliphatic rings. The molecular formula is C22H15BrF3N5OS. The Morgan fingerprint density at radius 2 is 1.82 bits per heavy atom. The standard InChI is InChI=1S/C22H15BrF3N5OS/c1-13(14-7-9-16(23)10-8-14)28-29-20(32)17-12-33-21(27-17)31-18(15-5-3-2-4-6-15)11-19(30-31)22(24,25)26/h2-12H,1H3,(H,29,32)/b28-13-. The Morgan fingerprint density at radius 1 is 1.12 bits per heavy atom. The van der Waals surface area contributed by atoms with E-state index in [0.717, 1.165) is 32.1 Å². The molecule has 168 valence electrons. The maximum Gasteiger partial charge on any atom is 0.435 e. The van der Waals surface area contributed by atoms with Gasteiger partial charge in [-0.1, -0.05) is 58.4 Å². The Balaban J connectivity index is 1.60. The fraction of sp³-hybridized carbons (Fsp3) is 0.0909. The molecule has 33 heavy (non-hydrogen) atoms. The molecule has 0 bridgehead atoms. The number of amides is 1. The zero-order valence-corrected chi connectivity index (χ0v) is 19.4. The van der Waals surface area contributed by atoms with Gasteiger partial charge in [-0.15, -0.1) is 11.3 Å². The zero-order valence-electron chi connectivity index (χ0n) is 17.0. The van der Waals surface area contributed by atoms with Gasteiger partial charge in [0.25, 0.3) is 5.91 Å². The zero-order chi connectivity index (χ0) is 23.6. The van der Waals surface area contributed by atoms with Crippen LogP contribution in [0.15, 0.2) is 75.6 Å². The number of rotatable bonds is 5. The molecule has 0 atom stereocenters. The number of hydrazone groups is 1. The number of hydrogen-bond donors (Lipinski definition) is 1. The van der Waals surface area contributed by atoms with Crippen LogP contribution >= 0.6 is 27.3 Å². The second kappa shape index (κ2) is 9.28. The van der Waals surface area contributed by atoms with Crippen molar-refractivity contribution in [1.82, 2.24) is 20.2 Å². The van der Waals surface area contributed by atoms with E-state index < -0.39 is 17.8 Å². The highest BCUT2D eigenvalue weighted by atomic mass is 79.9. The van der Waals surface area contributed by atoms with E-state index in [2.05, 4.69) is 36.5 Å². The summed E-state index contributed by atoms with van der Waals surface area (Å²) >= 11 is 4.36. The first kappa shape index (κ1) is 22.9. The molecular weight excluding hydrogens is 519 g/mol. The number of nitrogens with one attached hydrogen (secondary N) is 1. The van der Waals surface area contributed by atoms with Gasteiger partial charge >= 0.3 is 6.18 Å². The molecule has 4 aromatic rings. The van der Waals surface area contributed by atoms with Gasteiger partial charge in [0, 0.05) is 15.4 Å². The number of hydrogen-bond acceptors (Lipinski definition) is 5. The van der Waals surface area contributed by atoms with Crippen LogP contribution in [0.5, 0.6) is 0 Å². The molecule has 0 unspecified atom stereocenters. The van der Waals surface area contributed by atoms with Crippen molar-refractivity contribution in [3.63, 3.8) is 0 Å². The molecule has 1 N–H and O–H groups in total. The first-order valence-electron chi connectivity index (χ1n) is 9.51. The lowest BCUT2D eigenvalue weighted by Gasteiger charge is -2.04. The minimum Gasteiger partial charge on any atom is -0.266 e. The quantitative estimate of drug-likeness (QED) is 0.255. The molecule has 2 heterocycles. The van der Waals surface area contributed by atoms with Crippen LogP contribution in [-0.4, -0.2) is 26.4 Å². The third-order valence-corrected chi connectivity index (χ3v) is 5.91. The molecule has 0 aliphatic heterocycles. The number of nitrogens with zero attached hydrogens (tertiary/aromatic N) is 4. The second-order valence-electron chi connectivity index (χ2n) is 6.85. The summed E-state index contributed by atoms with van der Waals surface area (Å²) in [6.45, 7) is 1.74. The van der Waals surface area contributed by atoms with E-state index in [1.165, 1.54) is 5.38 Å². The Labute approximate surface area is 198 Å². The van der Waals surface area contributed by atoms with E-state index in [1.54, 1.807) is 37.3 Å². The number of aromatic nitrogens is 3. The van der Waals surface area contributed by atoms with Crippen molar-refractivity contribution < 1.29 is 18.0 Å². The van der Waals surface area contributed by atoms with Crippen LogP contribution in [-0.2, 0) is 6.18 Å². The average molecular weight is 534 g/mol. The molecule has 11 heteroatoms. The lowest BCUT2D eigenvalue weighted by Crippen LogP contribution is -2.20. The molecule has 0 radical (unpaired) electrons. The molecule has 2 aromatic carbocycles. The lowest BCUT2D eigenvalue weighted by molar-refractivity contribution is -0.141. The summed E-state index contributed by atoms with van der Waals surface area (Å²) < 4.78 is 41.9. The molecule has 4 rings (SSSR count). The van der Waals surface area contributed by atoms with Gasteiger partial charge in [-0.25, -0.2) is 15.1 Å². The average Bonchev–Trinajstić information content (AvgIpc) is 3.46. The number of carbonyl (C=O) groups excluding carboxylic acids is 1. The van der Waals surface area contributed by atoms with Crippen molar-refractivity contribution in [2.75, 3.05) is 0 Å². The number of carbonyl (C=O) groups is 1. The highest BCUT2D eigenvalue weighted by Crippen LogP contribution is 2.33. The molecule has 2 aromatic heterocycles. The van der Waals surface area contributed by atoms with E-state index in [4.69, 9.17) is 0 Å². The summed E-state index contributed by atoms with van der Waals surface area (Å²) in [5, 5.41) is 9.35. The minimum atomic E-state index is -4.62. The Morgan fingerprint density at radius 3 is 2.48 bits per heavy atom. The second-order valence-corrected chi connectivity index (χ2v) is 8.60. The first-order chi connectivity index (χ1) is 15.7. The lowest BCUT2D eigenvalue weighted by atomic mass is 10.1. The molecule has 0 aliphatic carbocycles. The van der Waals surface area contributed by atoms with Gasteiger partial charge in [-0.3, -0.25) is 4.79 Å². The highest BCUT2D eigenvalue weighted by molar-refractivity contribution is 9.10. The van der Waals surface area contributed by atoms with Gasteiger partial charge in [0.1, 0.15) is 5.69 Å². The Kier molecular flexibility index (Phi) is 6.43. The van der Waals surface area contributed by atoms with Gasteiger partial charge in [0.15, 0.2) is 5.69 Å². The number of halogens is 4. The molecule has 0 saturated carbocycles. The molecule has 0 fully saturated rings. The normalized spacial score (nSPS) is 12.1. The van der Waals surface area contributed by atoms with Crippen LogP contribution in [0.2, 0.25) is 0 Å². The van der Waals surface area contributed by atoms with Crippen LogP contribution in [0.25, 0.3) is 16.4 Å². The largest absolute Gasteiger partial charge is 0.435 e. The van der Waals surface area contributed by atoms with E-state index in [-0.39, 0.29) is 16.5 Å². The summed E-state index contributed by atoms with van der Waals surface area (Å²) in [5.74, 6) is -0.585. The Hall–Kier alpha value is -3.31. The smallest absolute Gasteiger partial charge is 0.266 e. The number of thiazole rings is 1. The predicted octanol–water partition coefficient (Wildman–Crippen LogP) is 5.93. The summed E-state index contributed by atoms with van der Waals surface area (Å²) in [5.41, 5.74) is 3.56. The van der Waals surface area contributed by atoms with Crippen molar-refractivity contribution >= 4 is 38.9 Å².